The SMILES string of the molecule is COc1ccc(NC(=O)C2CCN(S(=O)(=O)Cc3cccc(Br)c3)CC2)c(OC)c1. The fourth-order valence-electron chi connectivity index (χ4n) is 3.46. The minimum atomic E-state index is -3.43. The van der Waals surface area contributed by atoms with Crippen molar-refractivity contribution in [3.63, 3.8) is 0 Å². The fraction of sp³-hybridized carbons (Fsp3) is 0.381. The number of sulfonamides is 1. The molecule has 0 radical (unpaired) electrons. The zero-order chi connectivity index (χ0) is 21.7. The number of benzene rings is 2. The molecule has 30 heavy (non-hydrogen) atoms. The molecule has 9 heteroatoms. The van der Waals surface area contributed by atoms with Gasteiger partial charge in [0.15, 0.2) is 0 Å². The lowest BCUT2D eigenvalue weighted by molar-refractivity contribution is -0.120. The van der Waals surface area contributed by atoms with Crippen molar-refractivity contribution in [2.45, 2.75) is 18.6 Å². The third kappa shape index (κ3) is 5.53. The number of ether oxygens (including phenoxy) is 2. The first kappa shape index (κ1) is 22.6. The average Bonchev–Trinajstić information content (AvgIpc) is 2.73. The van der Waals surface area contributed by atoms with Gasteiger partial charge in [-0.25, -0.2) is 12.7 Å². The van der Waals surface area contributed by atoms with E-state index in [0.717, 1.165) is 10.0 Å². The van der Waals surface area contributed by atoms with Crippen LogP contribution in [0.5, 0.6) is 11.5 Å². The van der Waals surface area contributed by atoms with E-state index in [1.165, 1.54) is 11.4 Å². The number of carbonyl (C=O) groups excluding carboxylic acids is 1. The van der Waals surface area contributed by atoms with Crippen molar-refractivity contribution in [1.82, 2.24) is 4.31 Å². The van der Waals surface area contributed by atoms with Gasteiger partial charge in [-0.3, -0.25) is 4.79 Å². The molecule has 1 amide bonds. The Labute approximate surface area is 185 Å². The van der Waals surface area contributed by atoms with Crippen LogP contribution < -0.4 is 14.8 Å². The molecule has 1 fully saturated rings. The zero-order valence-electron chi connectivity index (χ0n) is 16.9. The molecule has 1 saturated heterocycles. The molecule has 2 aromatic carbocycles. The second-order valence-corrected chi connectivity index (χ2v) is 10.00. The summed E-state index contributed by atoms with van der Waals surface area (Å²) in [5, 5.41) is 2.89. The van der Waals surface area contributed by atoms with Gasteiger partial charge < -0.3 is 14.8 Å². The van der Waals surface area contributed by atoms with Crippen LogP contribution in [0.4, 0.5) is 5.69 Å². The van der Waals surface area contributed by atoms with Crippen molar-refractivity contribution in [2.75, 3.05) is 32.6 Å². The molecule has 0 bridgehead atoms. The predicted molar refractivity (Wildman–Crippen MR) is 119 cm³/mol. The predicted octanol–water partition coefficient (Wildman–Crippen LogP) is 3.65. The maximum atomic E-state index is 12.8. The van der Waals surface area contributed by atoms with Crippen molar-refractivity contribution in [3.05, 3.63) is 52.5 Å². The van der Waals surface area contributed by atoms with Gasteiger partial charge in [-0.2, -0.15) is 0 Å². The lowest BCUT2D eigenvalue weighted by Crippen LogP contribution is -2.41. The number of halogens is 1. The molecule has 0 spiro atoms. The highest BCUT2D eigenvalue weighted by Gasteiger charge is 2.31. The maximum absolute atomic E-state index is 12.8. The summed E-state index contributed by atoms with van der Waals surface area (Å²) in [6.45, 7) is 0.655. The van der Waals surface area contributed by atoms with Crippen molar-refractivity contribution in [1.29, 1.82) is 0 Å². The van der Waals surface area contributed by atoms with Gasteiger partial charge >= 0.3 is 0 Å². The molecule has 2 aromatic rings. The van der Waals surface area contributed by atoms with E-state index in [9.17, 15) is 13.2 Å². The molecule has 0 aromatic heterocycles. The van der Waals surface area contributed by atoms with Crippen LogP contribution in [-0.4, -0.2) is 45.9 Å². The van der Waals surface area contributed by atoms with E-state index in [-0.39, 0.29) is 17.6 Å². The zero-order valence-corrected chi connectivity index (χ0v) is 19.3. The molecule has 7 nitrogen and oxygen atoms in total. The molecule has 3 rings (SSSR count). The molecule has 162 valence electrons. The standard InChI is InChI=1S/C21H25BrN2O5S/c1-28-18-6-7-19(20(13-18)29-2)23-21(25)16-8-10-24(11-9-16)30(26,27)14-15-4-3-5-17(22)12-15/h3-7,12-13,16H,8-11,14H2,1-2H3,(H,23,25). The quantitative estimate of drug-likeness (QED) is 0.632. The minimum Gasteiger partial charge on any atom is -0.497 e. The number of hydrogen-bond donors (Lipinski definition) is 1. The van der Waals surface area contributed by atoms with E-state index in [1.807, 2.05) is 12.1 Å². The maximum Gasteiger partial charge on any atom is 0.227 e. The Bertz CT molecular complexity index is 1000. The number of rotatable bonds is 7. The first-order valence-electron chi connectivity index (χ1n) is 9.57. The van der Waals surface area contributed by atoms with Gasteiger partial charge in [0.2, 0.25) is 15.9 Å². The van der Waals surface area contributed by atoms with Gasteiger partial charge in [0.25, 0.3) is 0 Å². The highest BCUT2D eigenvalue weighted by atomic mass is 79.9. The summed E-state index contributed by atoms with van der Waals surface area (Å²) in [4.78, 5) is 12.7. The Morgan fingerprint density at radius 3 is 2.50 bits per heavy atom. The lowest BCUT2D eigenvalue weighted by Gasteiger charge is -2.30. The van der Waals surface area contributed by atoms with E-state index in [4.69, 9.17) is 9.47 Å². The van der Waals surface area contributed by atoms with E-state index < -0.39 is 10.0 Å². The third-order valence-corrected chi connectivity index (χ3v) is 7.47. The molecule has 1 aliphatic heterocycles. The molecule has 1 heterocycles. The van der Waals surface area contributed by atoms with Gasteiger partial charge in [-0.15, -0.1) is 0 Å². The van der Waals surface area contributed by atoms with E-state index in [0.29, 0.717) is 43.1 Å². The molecule has 0 atom stereocenters. The van der Waals surface area contributed by atoms with Gasteiger partial charge in [0.05, 0.1) is 25.7 Å². The highest BCUT2D eigenvalue weighted by Crippen LogP contribution is 2.30. The van der Waals surface area contributed by atoms with E-state index >= 15 is 0 Å². The van der Waals surface area contributed by atoms with E-state index in [2.05, 4.69) is 21.2 Å². The van der Waals surface area contributed by atoms with Crippen LogP contribution in [0, 0.1) is 5.92 Å². The van der Waals surface area contributed by atoms with Crippen molar-refractivity contribution < 1.29 is 22.7 Å². The third-order valence-electron chi connectivity index (χ3n) is 5.12. The number of nitrogens with zero attached hydrogens (tertiary/aromatic N) is 1. The van der Waals surface area contributed by atoms with Crippen molar-refractivity contribution >= 4 is 37.5 Å². The summed E-state index contributed by atoms with van der Waals surface area (Å²) >= 11 is 3.37. The summed E-state index contributed by atoms with van der Waals surface area (Å²) in [6, 6.07) is 12.5. The van der Waals surface area contributed by atoms with E-state index in [1.54, 1.807) is 37.4 Å². The number of piperidine rings is 1. The number of carbonyl (C=O) groups is 1. The normalized spacial score (nSPS) is 15.6. The summed E-state index contributed by atoms with van der Waals surface area (Å²) in [5.41, 5.74) is 1.30. The van der Waals surface area contributed by atoms with Crippen LogP contribution in [-0.2, 0) is 20.6 Å². The van der Waals surface area contributed by atoms with Crippen LogP contribution in [0.3, 0.4) is 0 Å². The topological polar surface area (TPSA) is 84.9 Å². The van der Waals surface area contributed by atoms with Crippen molar-refractivity contribution in [2.24, 2.45) is 5.92 Å². The smallest absolute Gasteiger partial charge is 0.227 e. The Morgan fingerprint density at radius 2 is 1.87 bits per heavy atom. The number of anilines is 1. The average molecular weight is 497 g/mol. The highest BCUT2D eigenvalue weighted by molar-refractivity contribution is 9.10. The lowest BCUT2D eigenvalue weighted by atomic mass is 9.97. The minimum absolute atomic E-state index is 0.0493. The largest absolute Gasteiger partial charge is 0.497 e. The summed E-state index contributed by atoms with van der Waals surface area (Å²) in [6.07, 6.45) is 0.948. The Morgan fingerprint density at radius 1 is 1.13 bits per heavy atom. The Kier molecular flexibility index (Phi) is 7.38. The molecule has 0 saturated carbocycles. The van der Waals surface area contributed by atoms with Gasteiger partial charge in [-0.05, 0) is 42.7 Å². The van der Waals surface area contributed by atoms with Crippen LogP contribution in [0.2, 0.25) is 0 Å². The van der Waals surface area contributed by atoms with Crippen LogP contribution in [0.25, 0.3) is 0 Å². The van der Waals surface area contributed by atoms with Gasteiger partial charge in [0.1, 0.15) is 11.5 Å². The first-order chi connectivity index (χ1) is 14.3. The number of methoxy groups -OCH3 is 2. The van der Waals surface area contributed by atoms with Crippen LogP contribution in [0.15, 0.2) is 46.9 Å². The fourth-order valence-corrected chi connectivity index (χ4v) is 5.46. The Balaban J connectivity index is 1.59. The molecule has 1 aliphatic rings. The molecule has 0 aliphatic carbocycles. The van der Waals surface area contributed by atoms with Gasteiger partial charge in [-0.1, -0.05) is 28.1 Å². The first-order valence-corrected chi connectivity index (χ1v) is 12.0. The summed E-state index contributed by atoms with van der Waals surface area (Å²) in [7, 11) is -0.345. The number of hydrogen-bond acceptors (Lipinski definition) is 5. The van der Waals surface area contributed by atoms with Crippen molar-refractivity contribution in [3.8, 4) is 11.5 Å². The molecule has 0 unspecified atom stereocenters. The number of amides is 1. The molecule has 1 N–H and O–H groups in total. The second kappa shape index (κ2) is 9.80. The Hall–Kier alpha value is -2.10. The summed E-state index contributed by atoms with van der Waals surface area (Å²) in [5.74, 6) is 0.703. The second-order valence-electron chi connectivity index (χ2n) is 7.11. The van der Waals surface area contributed by atoms with Crippen LogP contribution in [0.1, 0.15) is 18.4 Å². The monoisotopic (exact) mass is 496 g/mol. The van der Waals surface area contributed by atoms with Crippen LogP contribution >= 0.6 is 15.9 Å². The number of nitrogens with one attached hydrogen (secondary N) is 1. The van der Waals surface area contributed by atoms with Gasteiger partial charge in [0, 0.05) is 29.5 Å². The summed E-state index contributed by atoms with van der Waals surface area (Å²) < 4.78 is 38.3. The molecular formula is C21H25BrN2O5S. The molecular weight excluding hydrogens is 472 g/mol.